The number of rotatable bonds is 3. The summed E-state index contributed by atoms with van der Waals surface area (Å²) in [5, 5.41) is 3.21. The van der Waals surface area contributed by atoms with Gasteiger partial charge >= 0.3 is 0 Å². The Hall–Kier alpha value is -2.07. The highest BCUT2D eigenvalue weighted by molar-refractivity contribution is 6.29. The maximum absolute atomic E-state index is 12.3. The molecule has 116 valence electrons. The van der Waals surface area contributed by atoms with Crippen molar-refractivity contribution in [2.45, 2.75) is 26.2 Å². The predicted molar refractivity (Wildman–Crippen MR) is 88.9 cm³/mol. The highest BCUT2D eigenvalue weighted by Gasteiger charge is 2.17. The van der Waals surface area contributed by atoms with Crippen LogP contribution in [0.1, 0.15) is 36.7 Å². The van der Waals surface area contributed by atoms with Crippen molar-refractivity contribution >= 4 is 23.2 Å². The number of benzene rings is 1. The van der Waals surface area contributed by atoms with Crippen LogP contribution < -0.4 is 10.1 Å². The maximum Gasteiger partial charge on any atom is 0.257 e. The molecule has 2 aromatic rings. The number of nitrogens with one attached hydrogen (secondary N) is 1. The number of halogens is 1. The second-order valence-electron chi connectivity index (χ2n) is 5.99. The molecule has 0 saturated heterocycles. The summed E-state index contributed by atoms with van der Waals surface area (Å²) in [5.41, 5.74) is 2.16. The van der Waals surface area contributed by atoms with Crippen molar-refractivity contribution in [3.63, 3.8) is 0 Å². The van der Waals surface area contributed by atoms with Gasteiger partial charge in [0, 0.05) is 6.20 Å². The van der Waals surface area contributed by atoms with Gasteiger partial charge in [0.15, 0.2) is 0 Å². The topological polar surface area (TPSA) is 51.2 Å². The van der Waals surface area contributed by atoms with Crippen molar-refractivity contribution in [3.8, 4) is 5.75 Å². The zero-order chi connectivity index (χ0) is 16.3. The number of methoxy groups -OCH3 is 1. The van der Waals surface area contributed by atoms with E-state index in [0.717, 1.165) is 5.56 Å². The third kappa shape index (κ3) is 3.77. The number of carbonyl (C=O) groups excluding carboxylic acids is 1. The Labute approximate surface area is 135 Å². The summed E-state index contributed by atoms with van der Waals surface area (Å²) in [7, 11) is 1.57. The number of hydrogen-bond donors (Lipinski definition) is 1. The van der Waals surface area contributed by atoms with Gasteiger partial charge in [-0.05, 0) is 35.2 Å². The van der Waals surface area contributed by atoms with E-state index in [4.69, 9.17) is 16.3 Å². The zero-order valence-corrected chi connectivity index (χ0v) is 13.9. The van der Waals surface area contributed by atoms with Gasteiger partial charge in [0.1, 0.15) is 10.9 Å². The molecule has 4 nitrogen and oxygen atoms in total. The molecule has 0 aliphatic carbocycles. The minimum atomic E-state index is -0.256. The molecule has 1 aromatic carbocycles. The molecule has 1 heterocycles. The molecule has 0 bridgehead atoms. The second-order valence-corrected chi connectivity index (χ2v) is 6.38. The quantitative estimate of drug-likeness (QED) is 0.859. The van der Waals surface area contributed by atoms with E-state index in [9.17, 15) is 4.79 Å². The fourth-order valence-corrected chi connectivity index (χ4v) is 2.09. The number of pyridine rings is 1. The third-order valence-electron chi connectivity index (χ3n) is 3.30. The van der Waals surface area contributed by atoms with E-state index in [0.29, 0.717) is 22.2 Å². The molecule has 1 aromatic heterocycles. The zero-order valence-electron chi connectivity index (χ0n) is 13.1. The smallest absolute Gasteiger partial charge is 0.257 e. The largest absolute Gasteiger partial charge is 0.495 e. The molecule has 5 heteroatoms. The standard InChI is InChI=1S/C17H19ClN2O2/c1-17(2,3)12-6-7-14(22-4)13(9-12)20-16(21)11-5-8-15(18)19-10-11/h5-10H,1-4H3,(H,20,21). The fourth-order valence-electron chi connectivity index (χ4n) is 1.98. The number of amides is 1. The SMILES string of the molecule is COc1ccc(C(C)(C)C)cc1NC(=O)c1ccc(Cl)nc1. The molecule has 0 aliphatic heterocycles. The molecule has 0 aliphatic rings. The summed E-state index contributed by atoms with van der Waals surface area (Å²) < 4.78 is 5.32. The summed E-state index contributed by atoms with van der Waals surface area (Å²) in [5.74, 6) is 0.358. The van der Waals surface area contributed by atoms with Gasteiger partial charge in [-0.1, -0.05) is 38.4 Å². The molecule has 0 atom stereocenters. The lowest BCUT2D eigenvalue weighted by atomic mass is 9.87. The first-order valence-electron chi connectivity index (χ1n) is 6.92. The van der Waals surface area contributed by atoms with Gasteiger partial charge in [0.2, 0.25) is 0 Å². The molecule has 0 saturated carbocycles. The maximum atomic E-state index is 12.3. The molecule has 2 rings (SSSR count). The summed E-state index contributed by atoms with van der Waals surface area (Å²) in [6, 6.07) is 9.00. The van der Waals surface area contributed by atoms with Crippen LogP contribution in [0.15, 0.2) is 36.5 Å². The Morgan fingerprint density at radius 2 is 1.95 bits per heavy atom. The number of hydrogen-bond acceptors (Lipinski definition) is 3. The monoisotopic (exact) mass is 318 g/mol. The molecule has 0 unspecified atom stereocenters. The Morgan fingerprint density at radius 3 is 2.50 bits per heavy atom. The van der Waals surface area contributed by atoms with E-state index in [1.807, 2.05) is 18.2 Å². The number of anilines is 1. The number of nitrogens with zero attached hydrogens (tertiary/aromatic N) is 1. The minimum absolute atomic E-state index is 0.0203. The number of aromatic nitrogens is 1. The molecule has 0 fully saturated rings. The lowest BCUT2D eigenvalue weighted by Crippen LogP contribution is -2.15. The second kappa shape index (κ2) is 6.36. The number of ether oxygens (including phenoxy) is 1. The van der Waals surface area contributed by atoms with Crippen molar-refractivity contribution < 1.29 is 9.53 Å². The van der Waals surface area contributed by atoms with Gasteiger partial charge in [-0.15, -0.1) is 0 Å². The Bertz CT molecular complexity index is 676. The van der Waals surface area contributed by atoms with Crippen molar-refractivity contribution in [2.75, 3.05) is 12.4 Å². The van der Waals surface area contributed by atoms with Gasteiger partial charge < -0.3 is 10.1 Å². The predicted octanol–water partition coefficient (Wildman–Crippen LogP) is 4.29. The van der Waals surface area contributed by atoms with Crippen molar-refractivity contribution in [1.82, 2.24) is 4.98 Å². The molecule has 0 spiro atoms. The Kier molecular flexibility index (Phi) is 4.71. The summed E-state index contributed by atoms with van der Waals surface area (Å²) in [6.07, 6.45) is 1.44. The lowest BCUT2D eigenvalue weighted by Gasteiger charge is -2.21. The van der Waals surface area contributed by atoms with Crippen molar-refractivity contribution in [2.24, 2.45) is 0 Å². The lowest BCUT2D eigenvalue weighted by molar-refractivity contribution is 0.102. The van der Waals surface area contributed by atoms with Crippen LogP contribution in [0.4, 0.5) is 5.69 Å². The number of carbonyl (C=O) groups is 1. The normalized spacial score (nSPS) is 11.1. The Balaban J connectivity index is 2.31. The average Bonchev–Trinajstić information content (AvgIpc) is 2.46. The van der Waals surface area contributed by atoms with Crippen LogP contribution in [0.3, 0.4) is 0 Å². The average molecular weight is 319 g/mol. The van der Waals surface area contributed by atoms with Crippen molar-refractivity contribution in [3.05, 3.63) is 52.8 Å². The van der Waals surface area contributed by atoms with Crippen LogP contribution in [-0.2, 0) is 5.41 Å². The highest BCUT2D eigenvalue weighted by Crippen LogP contribution is 2.31. The molecular formula is C17H19ClN2O2. The van der Waals surface area contributed by atoms with Crippen LogP contribution in [-0.4, -0.2) is 18.0 Å². The first kappa shape index (κ1) is 16.3. The first-order chi connectivity index (χ1) is 10.3. The van der Waals surface area contributed by atoms with Gasteiger partial charge in [-0.3, -0.25) is 4.79 Å². The van der Waals surface area contributed by atoms with Gasteiger partial charge in [-0.2, -0.15) is 0 Å². The molecule has 1 N–H and O–H groups in total. The minimum Gasteiger partial charge on any atom is -0.495 e. The highest BCUT2D eigenvalue weighted by atomic mass is 35.5. The summed E-state index contributed by atoms with van der Waals surface area (Å²) in [6.45, 7) is 6.34. The third-order valence-corrected chi connectivity index (χ3v) is 3.53. The van der Waals surface area contributed by atoms with E-state index < -0.39 is 0 Å². The van der Waals surface area contributed by atoms with Gasteiger partial charge in [0.05, 0.1) is 18.4 Å². The van der Waals surface area contributed by atoms with Gasteiger partial charge in [0.25, 0.3) is 5.91 Å². The van der Waals surface area contributed by atoms with E-state index in [1.54, 1.807) is 19.2 Å². The van der Waals surface area contributed by atoms with E-state index >= 15 is 0 Å². The fraction of sp³-hybridized carbons (Fsp3) is 0.294. The Morgan fingerprint density at radius 1 is 1.23 bits per heavy atom. The molecule has 0 radical (unpaired) electrons. The van der Waals surface area contributed by atoms with Crippen LogP contribution in [0.2, 0.25) is 5.15 Å². The van der Waals surface area contributed by atoms with Crippen molar-refractivity contribution in [1.29, 1.82) is 0 Å². The van der Waals surface area contributed by atoms with Gasteiger partial charge in [-0.25, -0.2) is 4.98 Å². The van der Waals surface area contributed by atoms with Crippen LogP contribution in [0, 0.1) is 0 Å². The first-order valence-corrected chi connectivity index (χ1v) is 7.30. The molecule has 1 amide bonds. The van der Waals surface area contributed by atoms with E-state index in [1.165, 1.54) is 6.20 Å². The van der Waals surface area contributed by atoms with E-state index in [-0.39, 0.29) is 11.3 Å². The summed E-state index contributed by atoms with van der Waals surface area (Å²) >= 11 is 5.73. The van der Waals surface area contributed by atoms with Crippen LogP contribution in [0.25, 0.3) is 0 Å². The summed E-state index contributed by atoms with van der Waals surface area (Å²) in [4.78, 5) is 16.2. The van der Waals surface area contributed by atoms with Crippen LogP contribution in [0.5, 0.6) is 5.75 Å². The van der Waals surface area contributed by atoms with Crippen LogP contribution >= 0.6 is 11.6 Å². The van der Waals surface area contributed by atoms with E-state index in [2.05, 4.69) is 31.1 Å². The molecular weight excluding hydrogens is 300 g/mol. The molecule has 22 heavy (non-hydrogen) atoms.